The fraction of sp³-hybridized carbons (Fsp3) is 0.167. The molecule has 0 aliphatic rings. The number of methoxy groups -OCH3 is 1. The Kier molecular flexibility index (Phi) is 5.61. The van der Waals surface area contributed by atoms with Crippen molar-refractivity contribution in [3.63, 3.8) is 0 Å². The topological polar surface area (TPSA) is 59.5 Å². The molecule has 0 saturated carbocycles. The van der Waals surface area contributed by atoms with Crippen LogP contribution >= 0.6 is 11.3 Å². The van der Waals surface area contributed by atoms with E-state index in [1.165, 1.54) is 18.7 Å². The molecule has 0 unspecified atom stereocenters. The van der Waals surface area contributed by atoms with Crippen LogP contribution in [0, 0.1) is 24.4 Å². The van der Waals surface area contributed by atoms with Gasteiger partial charge in [0, 0.05) is 23.7 Å². The third-order valence-corrected chi connectivity index (χ3v) is 6.71. The van der Waals surface area contributed by atoms with Gasteiger partial charge in [-0.15, -0.1) is 11.3 Å². The van der Waals surface area contributed by atoms with E-state index >= 15 is 0 Å². The van der Waals surface area contributed by atoms with Crippen LogP contribution in [0.2, 0.25) is 0 Å². The van der Waals surface area contributed by atoms with Crippen molar-refractivity contribution < 1.29 is 26.3 Å². The Labute approximate surface area is 164 Å². The summed E-state index contributed by atoms with van der Waals surface area (Å²) in [7, 11) is -3.20. The van der Waals surface area contributed by atoms with Crippen LogP contribution in [-0.2, 0) is 16.6 Å². The molecule has 0 fully saturated rings. The largest absolute Gasteiger partial charge is 0.497 e. The average molecular weight is 428 g/mol. The summed E-state index contributed by atoms with van der Waals surface area (Å²) in [5.41, 5.74) is 1.30. The zero-order valence-corrected chi connectivity index (χ0v) is 16.5. The minimum Gasteiger partial charge on any atom is -0.497 e. The second-order valence-corrected chi connectivity index (χ2v) is 8.49. The van der Waals surface area contributed by atoms with Gasteiger partial charge >= 0.3 is 0 Å². The Bertz CT molecular complexity index is 1080. The van der Waals surface area contributed by atoms with Gasteiger partial charge in [0.25, 0.3) is 10.0 Å². The van der Waals surface area contributed by atoms with E-state index in [4.69, 9.17) is 4.74 Å². The summed E-state index contributed by atoms with van der Waals surface area (Å²) in [4.78, 5) is 2.74. The Morgan fingerprint density at radius 1 is 1.14 bits per heavy atom. The zero-order valence-electron chi connectivity index (χ0n) is 14.8. The molecule has 3 rings (SSSR count). The highest BCUT2D eigenvalue weighted by Gasteiger charge is 2.33. The van der Waals surface area contributed by atoms with Crippen LogP contribution in [-0.4, -0.2) is 20.5 Å². The van der Waals surface area contributed by atoms with Gasteiger partial charge in [-0.25, -0.2) is 30.9 Å². The summed E-state index contributed by atoms with van der Waals surface area (Å²) in [6, 6.07) is 5.67. The Morgan fingerprint density at radius 2 is 1.82 bits per heavy atom. The summed E-state index contributed by atoms with van der Waals surface area (Å²) in [5, 5.41) is 1.56. The summed E-state index contributed by atoms with van der Waals surface area (Å²) >= 11 is 0.992. The van der Waals surface area contributed by atoms with Crippen LogP contribution in [0.1, 0.15) is 11.1 Å². The highest BCUT2D eigenvalue weighted by Crippen LogP contribution is 2.31. The fourth-order valence-electron chi connectivity index (χ4n) is 2.61. The lowest BCUT2D eigenvalue weighted by Crippen LogP contribution is -2.32. The smallest absolute Gasteiger partial charge is 0.272 e. The average Bonchev–Trinajstić information content (AvgIpc) is 3.13. The molecule has 28 heavy (non-hydrogen) atoms. The van der Waals surface area contributed by atoms with Gasteiger partial charge in [0.15, 0.2) is 10.0 Å². The molecule has 0 aliphatic carbocycles. The van der Waals surface area contributed by atoms with E-state index in [0.717, 1.165) is 21.2 Å². The first-order valence-electron chi connectivity index (χ1n) is 7.94. The molecule has 5 nitrogen and oxygen atoms in total. The maximum Gasteiger partial charge on any atom is 0.272 e. The van der Waals surface area contributed by atoms with Crippen molar-refractivity contribution in [2.45, 2.75) is 18.4 Å². The molecule has 0 amide bonds. The van der Waals surface area contributed by atoms with E-state index in [0.29, 0.717) is 23.4 Å². The minimum absolute atomic E-state index is 0.0262. The highest BCUT2D eigenvalue weighted by atomic mass is 32.2. The lowest BCUT2D eigenvalue weighted by atomic mass is 10.1. The number of ether oxygens (including phenoxy) is 1. The highest BCUT2D eigenvalue weighted by molar-refractivity contribution is 7.93. The predicted octanol–water partition coefficient (Wildman–Crippen LogP) is 4.27. The van der Waals surface area contributed by atoms with Gasteiger partial charge in [-0.3, -0.25) is 0 Å². The number of hydrogen-bond donors (Lipinski definition) is 0. The quantitative estimate of drug-likeness (QED) is 0.588. The number of rotatable bonds is 6. The zero-order chi connectivity index (χ0) is 20.5. The van der Waals surface area contributed by atoms with E-state index < -0.39 is 32.4 Å². The standard InChI is InChI=1S/C18H15F3N2O3S2/c1-11-7-14(26-2)4-3-12(11)10-23(18-22-5-6-27-18)28(24,25)17-15(20)8-13(19)9-16(17)21/h3-9H,10H2,1-2H3. The van der Waals surface area contributed by atoms with Crippen LogP contribution in [0.4, 0.5) is 18.3 Å². The molecule has 1 aromatic heterocycles. The molecule has 0 aliphatic heterocycles. The van der Waals surface area contributed by atoms with Crippen molar-refractivity contribution in [2.75, 3.05) is 11.4 Å². The fourth-order valence-corrected chi connectivity index (χ4v) is 4.97. The number of hydrogen-bond acceptors (Lipinski definition) is 5. The van der Waals surface area contributed by atoms with E-state index in [2.05, 4.69) is 4.98 Å². The van der Waals surface area contributed by atoms with Crippen LogP contribution in [0.3, 0.4) is 0 Å². The van der Waals surface area contributed by atoms with Crippen molar-refractivity contribution in [3.8, 4) is 5.75 Å². The number of benzene rings is 2. The van der Waals surface area contributed by atoms with Gasteiger partial charge in [-0.2, -0.15) is 0 Å². The Hall–Kier alpha value is -2.59. The van der Waals surface area contributed by atoms with Crippen molar-refractivity contribution in [1.82, 2.24) is 4.98 Å². The van der Waals surface area contributed by atoms with Gasteiger partial charge in [0.1, 0.15) is 23.2 Å². The maximum absolute atomic E-state index is 14.2. The van der Waals surface area contributed by atoms with Crippen molar-refractivity contribution in [2.24, 2.45) is 0 Å². The molecule has 3 aromatic rings. The molecule has 0 spiro atoms. The van der Waals surface area contributed by atoms with Crippen LogP contribution in [0.15, 0.2) is 46.8 Å². The van der Waals surface area contributed by atoms with Gasteiger partial charge < -0.3 is 4.74 Å². The minimum atomic E-state index is -4.70. The lowest BCUT2D eigenvalue weighted by molar-refractivity contribution is 0.414. The first kappa shape index (κ1) is 20.2. The Morgan fingerprint density at radius 3 is 2.36 bits per heavy atom. The van der Waals surface area contributed by atoms with Crippen LogP contribution in [0.25, 0.3) is 0 Å². The molecule has 0 atom stereocenters. The molecule has 0 saturated heterocycles. The van der Waals surface area contributed by atoms with Crippen LogP contribution < -0.4 is 9.04 Å². The van der Waals surface area contributed by atoms with Gasteiger partial charge in [0.2, 0.25) is 0 Å². The van der Waals surface area contributed by atoms with Gasteiger partial charge in [0.05, 0.1) is 13.7 Å². The van der Waals surface area contributed by atoms with Crippen molar-refractivity contribution >= 4 is 26.5 Å². The molecule has 2 aromatic carbocycles. The lowest BCUT2D eigenvalue weighted by Gasteiger charge is -2.23. The molecule has 148 valence electrons. The van der Waals surface area contributed by atoms with Gasteiger partial charge in [-0.05, 0) is 30.2 Å². The maximum atomic E-state index is 14.2. The number of nitrogens with zero attached hydrogens (tertiary/aromatic N) is 2. The molecule has 0 bridgehead atoms. The molecule has 0 N–H and O–H groups in total. The van der Waals surface area contributed by atoms with Crippen LogP contribution in [0.5, 0.6) is 5.75 Å². The third-order valence-electron chi connectivity index (χ3n) is 4.01. The number of aromatic nitrogens is 1. The summed E-state index contributed by atoms with van der Waals surface area (Å²) in [6.45, 7) is 1.53. The molecular weight excluding hydrogens is 413 g/mol. The summed E-state index contributed by atoms with van der Waals surface area (Å²) in [6.07, 6.45) is 1.38. The van der Waals surface area contributed by atoms with Crippen molar-refractivity contribution in [1.29, 1.82) is 0 Å². The molecule has 10 heteroatoms. The molecule has 1 heterocycles. The van der Waals surface area contributed by atoms with E-state index in [9.17, 15) is 21.6 Å². The first-order valence-corrected chi connectivity index (χ1v) is 10.3. The van der Waals surface area contributed by atoms with Crippen molar-refractivity contribution in [3.05, 3.63) is 70.5 Å². The van der Waals surface area contributed by atoms with E-state index in [-0.39, 0.29) is 11.7 Å². The number of aryl methyl sites for hydroxylation is 1. The number of thiazole rings is 1. The number of anilines is 1. The second-order valence-electron chi connectivity index (χ2n) is 5.82. The monoisotopic (exact) mass is 428 g/mol. The normalized spacial score (nSPS) is 11.5. The Balaban J connectivity index is 2.12. The number of halogens is 3. The summed E-state index contributed by atoms with van der Waals surface area (Å²) < 4.78 is 73.7. The van der Waals surface area contributed by atoms with Gasteiger partial charge in [-0.1, -0.05) is 6.07 Å². The molecular formula is C18H15F3N2O3S2. The SMILES string of the molecule is COc1ccc(CN(c2nccs2)S(=O)(=O)c2c(F)cc(F)cc2F)c(C)c1. The third kappa shape index (κ3) is 3.83. The number of sulfonamides is 1. The van der Waals surface area contributed by atoms with E-state index in [1.807, 2.05) is 0 Å². The first-order chi connectivity index (χ1) is 13.2. The predicted molar refractivity (Wildman–Crippen MR) is 99.5 cm³/mol. The van der Waals surface area contributed by atoms with E-state index in [1.54, 1.807) is 25.1 Å². The second kappa shape index (κ2) is 7.80. The molecule has 0 radical (unpaired) electrons. The summed E-state index contributed by atoms with van der Waals surface area (Å²) in [5.74, 6) is -3.64.